The van der Waals surface area contributed by atoms with Gasteiger partial charge in [0.1, 0.15) is 5.69 Å². The molecule has 0 spiro atoms. The van der Waals surface area contributed by atoms with Crippen molar-refractivity contribution in [1.82, 2.24) is 9.47 Å². The molecule has 0 bridgehead atoms. The van der Waals surface area contributed by atoms with Crippen molar-refractivity contribution in [3.63, 3.8) is 0 Å². The predicted molar refractivity (Wildman–Crippen MR) is 117 cm³/mol. The normalized spacial score (nSPS) is 15.7. The van der Waals surface area contributed by atoms with Gasteiger partial charge in [0.25, 0.3) is 5.91 Å². The molecule has 1 aromatic carbocycles. The van der Waals surface area contributed by atoms with Crippen molar-refractivity contribution in [2.45, 2.75) is 39.7 Å². The number of Topliss-reactive ketones (excluding diaryl/α,β-unsaturated/α-hetero) is 1. The molecule has 31 heavy (non-hydrogen) atoms. The topological polar surface area (TPSA) is 77.8 Å². The average Bonchev–Trinajstić information content (AvgIpc) is 3.33. The number of carbonyl (C=O) groups is 3. The number of ketones is 1. The molecule has 2 aromatic rings. The van der Waals surface area contributed by atoms with E-state index in [1.165, 1.54) is 7.11 Å². The van der Waals surface area contributed by atoms with Crippen LogP contribution in [0.15, 0.2) is 24.3 Å². The van der Waals surface area contributed by atoms with Crippen LogP contribution in [0.2, 0.25) is 0 Å². The van der Waals surface area contributed by atoms with Gasteiger partial charge < -0.3 is 18.9 Å². The van der Waals surface area contributed by atoms with Gasteiger partial charge in [-0.05, 0) is 50.8 Å². The van der Waals surface area contributed by atoms with E-state index in [0.717, 1.165) is 18.4 Å². The smallest absolute Gasteiger partial charge is 0.354 e. The summed E-state index contributed by atoms with van der Waals surface area (Å²) in [5.74, 6) is -0.892. The zero-order valence-corrected chi connectivity index (χ0v) is 18.9. The molecule has 0 radical (unpaired) electrons. The molecule has 1 aromatic heterocycles. The van der Waals surface area contributed by atoms with Crippen LogP contribution in [0.25, 0.3) is 0 Å². The van der Waals surface area contributed by atoms with Crippen LogP contribution in [-0.2, 0) is 16.5 Å². The van der Waals surface area contributed by atoms with Crippen LogP contribution in [0.1, 0.15) is 60.9 Å². The number of amides is 1. The second kappa shape index (κ2) is 9.47. The second-order valence-corrected chi connectivity index (χ2v) is 8.04. The van der Waals surface area contributed by atoms with Crippen molar-refractivity contribution in [3.8, 4) is 0 Å². The third kappa shape index (κ3) is 4.56. The van der Waals surface area contributed by atoms with Crippen LogP contribution >= 0.6 is 0 Å². The maximum atomic E-state index is 13.4. The molecule has 1 atom stereocenters. The lowest BCUT2D eigenvalue weighted by molar-refractivity contribution is 0.0505. The molecule has 1 amide bonds. The molecule has 3 rings (SSSR count). The molecule has 0 N–H and O–H groups in total. The fraction of sp³-hybridized carbons (Fsp3) is 0.458. The highest BCUT2D eigenvalue weighted by molar-refractivity contribution is 6.06. The first-order chi connectivity index (χ1) is 14.8. The number of rotatable bonds is 7. The maximum Gasteiger partial charge on any atom is 0.354 e. The molecular formula is C24H30N2O5. The van der Waals surface area contributed by atoms with E-state index in [-0.39, 0.29) is 24.3 Å². The standard InChI is InChI=1S/C24H30N2O5/c1-15-9-6-7-11-19(15)23(28)26(13-18-10-8-12-31-18)14-20(27)21-16(2)22(24(29)30-5)25(4)17(21)3/h6-7,9,11,18H,8,10,12-14H2,1-5H3/t18-/m1/s1. The van der Waals surface area contributed by atoms with Gasteiger partial charge in [0.2, 0.25) is 0 Å². The van der Waals surface area contributed by atoms with E-state index in [2.05, 4.69) is 0 Å². The number of methoxy groups -OCH3 is 1. The van der Waals surface area contributed by atoms with Crippen molar-refractivity contribution in [2.75, 3.05) is 26.8 Å². The number of esters is 1. The highest BCUT2D eigenvalue weighted by atomic mass is 16.5. The number of hydrogen-bond donors (Lipinski definition) is 0. The van der Waals surface area contributed by atoms with E-state index in [0.29, 0.717) is 41.2 Å². The molecule has 166 valence electrons. The average molecular weight is 427 g/mol. The summed E-state index contributed by atoms with van der Waals surface area (Å²) in [6.07, 6.45) is 1.73. The monoisotopic (exact) mass is 426 g/mol. The van der Waals surface area contributed by atoms with Crippen LogP contribution in [0.3, 0.4) is 0 Å². The summed E-state index contributed by atoms with van der Waals surface area (Å²) >= 11 is 0. The summed E-state index contributed by atoms with van der Waals surface area (Å²) in [6.45, 7) is 6.35. The number of carbonyl (C=O) groups excluding carboxylic acids is 3. The maximum absolute atomic E-state index is 13.4. The van der Waals surface area contributed by atoms with E-state index >= 15 is 0 Å². The first kappa shape index (κ1) is 22.7. The molecule has 0 aliphatic carbocycles. The number of aromatic nitrogens is 1. The van der Waals surface area contributed by atoms with Gasteiger partial charge in [0, 0.05) is 37.0 Å². The van der Waals surface area contributed by atoms with Crippen LogP contribution in [-0.4, -0.2) is 60.0 Å². The molecule has 1 fully saturated rings. The van der Waals surface area contributed by atoms with E-state index in [4.69, 9.17) is 9.47 Å². The Kier molecular flexibility index (Phi) is 6.95. The minimum Gasteiger partial charge on any atom is -0.464 e. The summed E-state index contributed by atoms with van der Waals surface area (Å²) in [4.78, 5) is 40.5. The van der Waals surface area contributed by atoms with Crippen LogP contribution in [0.4, 0.5) is 0 Å². The summed E-state index contributed by atoms with van der Waals surface area (Å²) in [5.41, 5.74) is 3.47. The minimum absolute atomic E-state index is 0.0793. The largest absolute Gasteiger partial charge is 0.464 e. The Bertz CT molecular complexity index is 1000. The Balaban J connectivity index is 1.92. The van der Waals surface area contributed by atoms with Crippen molar-refractivity contribution in [1.29, 1.82) is 0 Å². The third-order valence-electron chi connectivity index (χ3n) is 6.03. The SMILES string of the molecule is COC(=O)c1c(C)c(C(=O)CN(C[C@H]2CCCO2)C(=O)c2ccccc2C)c(C)n1C. The second-order valence-electron chi connectivity index (χ2n) is 8.04. The van der Waals surface area contributed by atoms with E-state index in [1.807, 2.05) is 25.1 Å². The van der Waals surface area contributed by atoms with Gasteiger partial charge in [-0.3, -0.25) is 9.59 Å². The van der Waals surface area contributed by atoms with Gasteiger partial charge in [0.05, 0.1) is 19.8 Å². The van der Waals surface area contributed by atoms with Gasteiger partial charge in [-0.15, -0.1) is 0 Å². The molecule has 7 nitrogen and oxygen atoms in total. The summed E-state index contributed by atoms with van der Waals surface area (Å²) in [6, 6.07) is 7.36. The van der Waals surface area contributed by atoms with Gasteiger partial charge in [-0.2, -0.15) is 0 Å². The first-order valence-electron chi connectivity index (χ1n) is 10.5. The van der Waals surface area contributed by atoms with Gasteiger partial charge in [-0.1, -0.05) is 18.2 Å². The lowest BCUT2D eigenvalue weighted by Crippen LogP contribution is -2.41. The molecule has 0 unspecified atom stereocenters. The molecule has 0 saturated carbocycles. The molecule has 7 heteroatoms. The van der Waals surface area contributed by atoms with Gasteiger partial charge in [0.15, 0.2) is 5.78 Å². The molecule has 1 aliphatic rings. The number of hydrogen-bond acceptors (Lipinski definition) is 5. The van der Waals surface area contributed by atoms with E-state index in [1.54, 1.807) is 36.4 Å². The molecule has 2 heterocycles. The zero-order chi connectivity index (χ0) is 22.7. The zero-order valence-electron chi connectivity index (χ0n) is 18.9. The fourth-order valence-electron chi connectivity index (χ4n) is 4.26. The Labute approximate surface area is 182 Å². The van der Waals surface area contributed by atoms with Gasteiger partial charge in [-0.25, -0.2) is 4.79 Å². The summed E-state index contributed by atoms with van der Waals surface area (Å²) < 4.78 is 12.3. The van der Waals surface area contributed by atoms with Crippen LogP contribution in [0.5, 0.6) is 0 Å². The van der Waals surface area contributed by atoms with Crippen LogP contribution in [0, 0.1) is 20.8 Å². The lowest BCUT2D eigenvalue weighted by atomic mass is 10.0. The van der Waals surface area contributed by atoms with Crippen molar-refractivity contribution in [3.05, 3.63) is 57.9 Å². The first-order valence-corrected chi connectivity index (χ1v) is 10.5. The third-order valence-corrected chi connectivity index (χ3v) is 6.03. The highest BCUT2D eigenvalue weighted by Crippen LogP contribution is 2.24. The summed E-state index contributed by atoms with van der Waals surface area (Å²) in [7, 11) is 3.05. The van der Waals surface area contributed by atoms with Crippen molar-refractivity contribution < 1.29 is 23.9 Å². The number of aryl methyl sites for hydroxylation is 1. The van der Waals surface area contributed by atoms with Crippen molar-refractivity contribution in [2.24, 2.45) is 7.05 Å². The molecule has 1 aliphatic heterocycles. The Hall–Kier alpha value is -2.93. The fourth-order valence-corrected chi connectivity index (χ4v) is 4.26. The molecule has 1 saturated heterocycles. The predicted octanol–water partition coefficient (Wildman–Crippen LogP) is 3.24. The van der Waals surface area contributed by atoms with E-state index < -0.39 is 5.97 Å². The quantitative estimate of drug-likeness (QED) is 0.502. The number of nitrogens with zero attached hydrogens (tertiary/aromatic N) is 2. The summed E-state index contributed by atoms with van der Waals surface area (Å²) in [5, 5.41) is 0. The Morgan fingerprint density at radius 1 is 1.19 bits per heavy atom. The highest BCUT2D eigenvalue weighted by Gasteiger charge is 2.30. The van der Waals surface area contributed by atoms with Gasteiger partial charge >= 0.3 is 5.97 Å². The lowest BCUT2D eigenvalue weighted by Gasteiger charge is -2.26. The number of ether oxygens (including phenoxy) is 2. The van der Waals surface area contributed by atoms with Crippen LogP contribution < -0.4 is 0 Å². The van der Waals surface area contributed by atoms with Crippen molar-refractivity contribution >= 4 is 17.7 Å². The Morgan fingerprint density at radius 2 is 1.90 bits per heavy atom. The Morgan fingerprint density at radius 3 is 2.52 bits per heavy atom. The molecular weight excluding hydrogens is 396 g/mol. The van der Waals surface area contributed by atoms with E-state index in [9.17, 15) is 14.4 Å². The number of benzene rings is 1. The minimum atomic E-state index is -0.491.